The number of rotatable bonds is 3. The highest BCUT2D eigenvalue weighted by atomic mass is 16.5. The van der Waals surface area contributed by atoms with Gasteiger partial charge in [0.15, 0.2) is 6.73 Å². The lowest BCUT2D eigenvalue weighted by Crippen LogP contribution is -2.32. The van der Waals surface area contributed by atoms with Crippen LogP contribution in [0.5, 0.6) is 11.5 Å². The first-order valence-corrected chi connectivity index (χ1v) is 10.2. The van der Waals surface area contributed by atoms with Crippen LogP contribution in [0.1, 0.15) is 16.7 Å². The molecule has 0 atom stereocenters. The average Bonchev–Trinajstić information content (AvgIpc) is 2.80. The van der Waals surface area contributed by atoms with E-state index in [0.29, 0.717) is 18.9 Å². The van der Waals surface area contributed by atoms with Gasteiger partial charge in [0.2, 0.25) is 0 Å². The van der Waals surface area contributed by atoms with Crippen LogP contribution >= 0.6 is 0 Å². The number of benzene rings is 3. The van der Waals surface area contributed by atoms with E-state index in [1.54, 1.807) is 13.2 Å². The fraction of sp³-hybridized carbons (Fsp3) is 0.192. The Kier molecular flexibility index (Phi) is 4.66. The normalized spacial score (nSPS) is 13.1. The summed E-state index contributed by atoms with van der Waals surface area (Å²) in [5.41, 5.74) is 6.41. The van der Waals surface area contributed by atoms with Crippen molar-refractivity contribution < 1.29 is 13.9 Å². The maximum atomic E-state index is 12.5. The lowest BCUT2D eigenvalue weighted by atomic mass is 9.99. The van der Waals surface area contributed by atoms with E-state index in [9.17, 15) is 4.79 Å². The zero-order chi connectivity index (χ0) is 21.5. The van der Waals surface area contributed by atoms with Crippen molar-refractivity contribution in [1.82, 2.24) is 0 Å². The minimum absolute atomic E-state index is 0.380. The summed E-state index contributed by atoms with van der Waals surface area (Å²) in [6, 6.07) is 19.5. The van der Waals surface area contributed by atoms with Gasteiger partial charge in [-0.25, -0.2) is 4.79 Å². The van der Waals surface area contributed by atoms with Crippen LogP contribution in [-0.2, 0) is 6.54 Å². The molecule has 2 heterocycles. The van der Waals surface area contributed by atoms with Gasteiger partial charge >= 0.3 is 5.63 Å². The number of fused-ring (bicyclic) bond motifs is 3. The molecule has 4 aromatic rings. The molecular formula is C26H23NO4. The SMILES string of the molecule is COc1ccc(-c2cc(=O)oc3c4c(ccc23)OCN(c2ccc(C)c(C)c2)C4)cc1. The molecule has 0 amide bonds. The van der Waals surface area contributed by atoms with Crippen LogP contribution in [-0.4, -0.2) is 13.8 Å². The summed E-state index contributed by atoms with van der Waals surface area (Å²) in [6.45, 7) is 5.25. The maximum Gasteiger partial charge on any atom is 0.336 e. The van der Waals surface area contributed by atoms with E-state index in [1.165, 1.54) is 11.1 Å². The molecule has 0 spiro atoms. The Balaban J connectivity index is 1.62. The van der Waals surface area contributed by atoms with Crippen LogP contribution in [0.4, 0.5) is 5.69 Å². The average molecular weight is 413 g/mol. The van der Waals surface area contributed by atoms with E-state index in [-0.39, 0.29) is 5.63 Å². The standard InChI is InChI=1S/C26H23NO4/c1-16-4-7-19(12-17(16)2)27-14-23-24(30-15-27)11-10-21-22(13-25(28)31-26(21)23)18-5-8-20(29-3)9-6-18/h4-13H,14-15H2,1-3H3. The first-order valence-electron chi connectivity index (χ1n) is 10.2. The van der Waals surface area contributed by atoms with Crippen molar-refractivity contribution in [3.63, 3.8) is 0 Å². The molecule has 0 fully saturated rings. The van der Waals surface area contributed by atoms with Gasteiger partial charge in [-0.05, 0) is 72.5 Å². The van der Waals surface area contributed by atoms with Crippen molar-refractivity contribution >= 4 is 16.7 Å². The molecule has 156 valence electrons. The summed E-state index contributed by atoms with van der Waals surface area (Å²) in [7, 11) is 1.63. The number of methoxy groups -OCH3 is 1. The van der Waals surface area contributed by atoms with Crippen molar-refractivity contribution in [2.24, 2.45) is 0 Å². The Labute approximate surface area is 180 Å². The van der Waals surface area contributed by atoms with Crippen molar-refractivity contribution in [2.75, 3.05) is 18.7 Å². The molecule has 0 bridgehead atoms. The van der Waals surface area contributed by atoms with Gasteiger partial charge in [0.05, 0.1) is 19.2 Å². The zero-order valence-corrected chi connectivity index (χ0v) is 17.8. The van der Waals surface area contributed by atoms with Gasteiger partial charge in [-0.2, -0.15) is 0 Å². The lowest BCUT2D eigenvalue weighted by Gasteiger charge is -2.31. The third-order valence-electron chi connectivity index (χ3n) is 5.95. The summed E-state index contributed by atoms with van der Waals surface area (Å²) in [4.78, 5) is 14.6. The van der Waals surface area contributed by atoms with Gasteiger partial charge in [0.25, 0.3) is 0 Å². The van der Waals surface area contributed by atoms with Gasteiger partial charge in [-0.1, -0.05) is 18.2 Å². The molecule has 1 aliphatic heterocycles. The van der Waals surface area contributed by atoms with Crippen LogP contribution in [0, 0.1) is 13.8 Å². The Morgan fingerprint density at radius 2 is 1.74 bits per heavy atom. The summed E-state index contributed by atoms with van der Waals surface area (Å²) in [6.07, 6.45) is 0. The molecule has 0 N–H and O–H groups in total. The summed E-state index contributed by atoms with van der Waals surface area (Å²) in [5.74, 6) is 1.52. The number of ether oxygens (including phenoxy) is 2. The van der Waals surface area contributed by atoms with E-state index in [2.05, 4.69) is 36.9 Å². The summed E-state index contributed by atoms with van der Waals surface area (Å²) < 4.78 is 17.0. The Bertz CT molecular complexity index is 1340. The second-order valence-corrected chi connectivity index (χ2v) is 7.87. The topological polar surface area (TPSA) is 51.9 Å². The number of anilines is 1. The lowest BCUT2D eigenvalue weighted by molar-refractivity contribution is 0.289. The maximum absolute atomic E-state index is 12.5. The Hall–Kier alpha value is -3.73. The number of aryl methyl sites for hydroxylation is 2. The van der Waals surface area contributed by atoms with E-state index < -0.39 is 0 Å². The number of nitrogens with zero attached hydrogens (tertiary/aromatic N) is 1. The molecule has 5 rings (SSSR count). The number of hydrogen-bond acceptors (Lipinski definition) is 5. The molecule has 3 aromatic carbocycles. The first-order chi connectivity index (χ1) is 15.0. The molecule has 31 heavy (non-hydrogen) atoms. The summed E-state index contributed by atoms with van der Waals surface area (Å²) in [5, 5.41) is 0.883. The first kappa shape index (κ1) is 19.2. The molecule has 1 aromatic heterocycles. The predicted octanol–water partition coefficient (Wildman–Crippen LogP) is 5.44. The second kappa shape index (κ2) is 7.51. The minimum atomic E-state index is -0.380. The Morgan fingerprint density at radius 3 is 2.48 bits per heavy atom. The highest BCUT2D eigenvalue weighted by Gasteiger charge is 2.23. The van der Waals surface area contributed by atoms with Gasteiger partial charge < -0.3 is 18.8 Å². The molecule has 0 unspecified atom stereocenters. The third-order valence-corrected chi connectivity index (χ3v) is 5.95. The van der Waals surface area contributed by atoms with Crippen molar-refractivity contribution in [3.8, 4) is 22.6 Å². The molecule has 5 heteroatoms. The third kappa shape index (κ3) is 3.42. The summed E-state index contributed by atoms with van der Waals surface area (Å²) >= 11 is 0. The minimum Gasteiger partial charge on any atom is -0.497 e. The largest absolute Gasteiger partial charge is 0.497 e. The van der Waals surface area contributed by atoms with Crippen molar-refractivity contribution in [1.29, 1.82) is 0 Å². The van der Waals surface area contributed by atoms with Crippen LogP contribution in [0.3, 0.4) is 0 Å². The zero-order valence-electron chi connectivity index (χ0n) is 17.8. The molecular weight excluding hydrogens is 390 g/mol. The second-order valence-electron chi connectivity index (χ2n) is 7.87. The van der Waals surface area contributed by atoms with Gasteiger partial charge in [0.1, 0.15) is 17.1 Å². The van der Waals surface area contributed by atoms with E-state index in [0.717, 1.165) is 39.3 Å². The van der Waals surface area contributed by atoms with E-state index >= 15 is 0 Å². The number of hydrogen-bond donors (Lipinski definition) is 0. The predicted molar refractivity (Wildman–Crippen MR) is 122 cm³/mol. The van der Waals surface area contributed by atoms with Crippen LogP contribution in [0.25, 0.3) is 22.1 Å². The molecule has 1 aliphatic rings. The highest BCUT2D eigenvalue weighted by molar-refractivity contribution is 5.96. The van der Waals surface area contributed by atoms with Crippen LogP contribution in [0.2, 0.25) is 0 Å². The highest BCUT2D eigenvalue weighted by Crippen LogP contribution is 2.37. The molecule has 0 aliphatic carbocycles. The molecule has 0 saturated carbocycles. The van der Waals surface area contributed by atoms with Crippen LogP contribution < -0.4 is 20.0 Å². The van der Waals surface area contributed by atoms with Crippen molar-refractivity contribution in [3.05, 3.63) is 87.8 Å². The molecule has 0 saturated heterocycles. The van der Waals surface area contributed by atoms with Gasteiger partial charge in [0, 0.05) is 17.1 Å². The molecule has 0 radical (unpaired) electrons. The fourth-order valence-corrected chi connectivity index (χ4v) is 4.03. The van der Waals surface area contributed by atoms with E-state index in [1.807, 2.05) is 36.4 Å². The monoisotopic (exact) mass is 413 g/mol. The quantitative estimate of drug-likeness (QED) is 0.419. The van der Waals surface area contributed by atoms with Crippen molar-refractivity contribution in [2.45, 2.75) is 20.4 Å². The van der Waals surface area contributed by atoms with Crippen LogP contribution in [0.15, 0.2) is 69.9 Å². The van der Waals surface area contributed by atoms with E-state index in [4.69, 9.17) is 13.9 Å². The molecule has 5 nitrogen and oxygen atoms in total. The fourth-order valence-electron chi connectivity index (χ4n) is 4.03. The van der Waals surface area contributed by atoms with Gasteiger partial charge in [-0.15, -0.1) is 0 Å². The smallest absolute Gasteiger partial charge is 0.336 e. The Morgan fingerprint density at radius 1 is 0.935 bits per heavy atom. The van der Waals surface area contributed by atoms with Gasteiger partial charge in [-0.3, -0.25) is 0 Å².